The molecule has 70 valence electrons. The topological polar surface area (TPSA) is 56.0 Å². The lowest BCUT2D eigenvalue weighted by Crippen LogP contribution is -2.01. The third-order valence-electron chi connectivity index (χ3n) is 1.65. The molecule has 5 heteroatoms. The highest BCUT2D eigenvalue weighted by Crippen LogP contribution is 2.20. The third-order valence-corrected chi connectivity index (χ3v) is 2.27. The number of hydrogen-bond donors (Lipinski definition) is 0. The van der Waals surface area contributed by atoms with Crippen molar-refractivity contribution in [3.63, 3.8) is 0 Å². The number of aromatic nitrogens is 2. The molecule has 0 aliphatic carbocycles. The Kier molecular flexibility index (Phi) is 2.41. The number of carbonyl (C=O) groups is 1. The van der Waals surface area contributed by atoms with E-state index < -0.39 is 0 Å². The summed E-state index contributed by atoms with van der Waals surface area (Å²) in [5.41, 5.74) is 0.406. The van der Waals surface area contributed by atoms with Crippen molar-refractivity contribution in [2.24, 2.45) is 0 Å². The van der Waals surface area contributed by atoms with Gasteiger partial charge in [-0.1, -0.05) is 0 Å². The maximum absolute atomic E-state index is 11.7. The van der Waals surface area contributed by atoms with Crippen LogP contribution in [0.2, 0.25) is 0 Å². The SMILES string of the molecule is O=C(c1cncnc1)c1occc1Br. The predicted molar refractivity (Wildman–Crippen MR) is 51.9 cm³/mol. The highest BCUT2D eigenvalue weighted by atomic mass is 79.9. The van der Waals surface area contributed by atoms with Crippen molar-refractivity contribution in [2.45, 2.75) is 0 Å². The monoisotopic (exact) mass is 252 g/mol. The van der Waals surface area contributed by atoms with Crippen LogP contribution in [0.3, 0.4) is 0 Å². The Bertz CT molecular complexity index is 453. The Morgan fingerprint density at radius 1 is 1.36 bits per heavy atom. The quantitative estimate of drug-likeness (QED) is 0.768. The zero-order valence-electron chi connectivity index (χ0n) is 6.98. The molecule has 14 heavy (non-hydrogen) atoms. The van der Waals surface area contributed by atoms with Gasteiger partial charge in [-0.15, -0.1) is 0 Å². The van der Waals surface area contributed by atoms with E-state index in [1.54, 1.807) is 6.07 Å². The molecule has 0 N–H and O–H groups in total. The lowest BCUT2D eigenvalue weighted by molar-refractivity contribution is 0.101. The number of halogens is 1. The first-order valence-electron chi connectivity index (χ1n) is 3.82. The van der Waals surface area contributed by atoms with Gasteiger partial charge in [0.2, 0.25) is 5.78 Å². The molecular weight excluding hydrogens is 248 g/mol. The number of carbonyl (C=O) groups excluding carboxylic acids is 1. The van der Waals surface area contributed by atoms with Crippen LogP contribution < -0.4 is 0 Å². The Labute approximate surface area is 88.1 Å². The van der Waals surface area contributed by atoms with Gasteiger partial charge < -0.3 is 4.42 Å². The van der Waals surface area contributed by atoms with Crippen LogP contribution in [0.1, 0.15) is 16.1 Å². The second kappa shape index (κ2) is 3.71. The molecule has 0 aromatic carbocycles. The zero-order valence-corrected chi connectivity index (χ0v) is 8.56. The molecule has 2 heterocycles. The highest BCUT2D eigenvalue weighted by molar-refractivity contribution is 9.10. The van der Waals surface area contributed by atoms with Crippen molar-refractivity contribution in [2.75, 3.05) is 0 Å². The van der Waals surface area contributed by atoms with E-state index >= 15 is 0 Å². The first-order valence-corrected chi connectivity index (χ1v) is 4.61. The van der Waals surface area contributed by atoms with E-state index in [4.69, 9.17) is 4.42 Å². The molecule has 0 saturated carbocycles. The van der Waals surface area contributed by atoms with E-state index in [1.807, 2.05) is 0 Å². The summed E-state index contributed by atoms with van der Waals surface area (Å²) < 4.78 is 5.66. The van der Waals surface area contributed by atoms with Crippen LogP contribution in [0.25, 0.3) is 0 Å². The molecule has 0 spiro atoms. The zero-order chi connectivity index (χ0) is 9.97. The van der Waals surface area contributed by atoms with Crippen molar-refractivity contribution in [1.82, 2.24) is 9.97 Å². The summed E-state index contributed by atoms with van der Waals surface area (Å²) in [6, 6.07) is 1.66. The standard InChI is InChI=1S/C9H5BrN2O2/c10-7-1-2-14-9(7)8(13)6-3-11-5-12-4-6/h1-5H. The van der Waals surface area contributed by atoms with Gasteiger partial charge in [0, 0.05) is 12.4 Å². The Hall–Kier alpha value is -1.49. The summed E-state index contributed by atoms with van der Waals surface area (Å²) in [6.07, 6.45) is 5.71. The second-order valence-corrected chi connectivity index (χ2v) is 3.41. The van der Waals surface area contributed by atoms with Crippen molar-refractivity contribution >= 4 is 21.7 Å². The van der Waals surface area contributed by atoms with Gasteiger partial charge in [-0.25, -0.2) is 9.97 Å². The maximum atomic E-state index is 11.7. The van der Waals surface area contributed by atoms with Gasteiger partial charge in [0.1, 0.15) is 6.33 Å². The van der Waals surface area contributed by atoms with Gasteiger partial charge in [0.15, 0.2) is 5.76 Å². The normalized spacial score (nSPS) is 10.1. The second-order valence-electron chi connectivity index (χ2n) is 2.55. The van der Waals surface area contributed by atoms with Crippen LogP contribution in [0, 0.1) is 0 Å². The van der Waals surface area contributed by atoms with Gasteiger partial charge in [0.25, 0.3) is 0 Å². The fraction of sp³-hybridized carbons (Fsp3) is 0. The maximum Gasteiger partial charge on any atom is 0.232 e. The molecule has 0 fully saturated rings. The molecule has 2 aromatic heterocycles. The van der Waals surface area contributed by atoms with Crippen LogP contribution in [-0.2, 0) is 0 Å². The van der Waals surface area contributed by atoms with Gasteiger partial charge >= 0.3 is 0 Å². The van der Waals surface area contributed by atoms with E-state index in [1.165, 1.54) is 25.0 Å². The number of ketones is 1. The molecule has 2 rings (SSSR count). The molecule has 0 radical (unpaired) electrons. The molecule has 0 aliphatic heterocycles. The van der Waals surface area contributed by atoms with E-state index in [0.717, 1.165) is 0 Å². The predicted octanol–water partition coefficient (Wildman–Crippen LogP) is 2.06. The van der Waals surface area contributed by atoms with Gasteiger partial charge in [0.05, 0.1) is 16.3 Å². The fourth-order valence-corrected chi connectivity index (χ4v) is 1.38. The first-order chi connectivity index (χ1) is 6.79. The largest absolute Gasteiger partial charge is 0.460 e. The summed E-state index contributed by atoms with van der Waals surface area (Å²) in [7, 11) is 0. The smallest absolute Gasteiger partial charge is 0.232 e. The summed E-state index contributed by atoms with van der Waals surface area (Å²) in [6.45, 7) is 0. The first kappa shape index (κ1) is 9.08. The van der Waals surface area contributed by atoms with Crippen molar-refractivity contribution < 1.29 is 9.21 Å². The molecule has 0 atom stereocenters. The molecule has 0 saturated heterocycles. The molecule has 4 nitrogen and oxygen atoms in total. The van der Waals surface area contributed by atoms with E-state index in [-0.39, 0.29) is 11.5 Å². The van der Waals surface area contributed by atoms with Crippen molar-refractivity contribution in [1.29, 1.82) is 0 Å². The van der Waals surface area contributed by atoms with Crippen molar-refractivity contribution in [3.05, 3.63) is 46.8 Å². The average Bonchev–Trinajstić information content (AvgIpc) is 2.65. The van der Waals surface area contributed by atoms with E-state index in [0.29, 0.717) is 10.0 Å². The lowest BCUT2D eigenvalue weighted by Gasteiger charge is -1.95. The molecule has 2 aromatic rings. The minimum absolute atomic E-state index is 0.234. The third kappa shape index (κ3) is 1.58. The lowest BCUT2D eigenvalue weighted by atomic mass is 10.2. The summed E-state index contributed by atoms with van der Waals surface area (Å²) in [5.74, 6) is 0.0299. The molecule has 0 amide bonds. The van der Waals surface area contributed by atoms with Crippen LogP contribution in [0.5, 0.6) is 0 Å². The average molecular weight is 253 g/mol. The van der Waals surface area contributed by atoms with Gasteiger partial charge in [-0.05, 0) is 22.0 Å². The summed E-state index contributed by atoms with van der Waals surface area (Å²) >= 11 is 3.21. The van der Waals surface area contributed by atoms with Gasteiger partial charge in [-0.2, -0.15) is 0 Å². The van der Waals surface area contributed by atoms with Crippen LogP contribution in [0.4, 0.5) is 0 Å². The number of furan rings is 1. The van der Waals surface area contributed by atoms with Crippen LogP contribution in [-0.4, -0.2) is 15.8 Å². The van der Waals surface area contributed by atoms with Gasteiger partial charge in [-0.3, -0.25) is 4.79 Å². The van der Waals surface area contributed by atoms with Crippen LogP contribution in [0.15, 0.2) is 39.9 Å². The Morgan fingerprint density at radius 3 is 2.64 bits per heavy atom. The Balaban J connectivity index is 2.39. The fourth-order valence-electron chi connectivity index (χ4n) is 1.00. The van der Waals surface area contributed by atoms with E-state index in [9.17, 15) is 4.79 Å². The minimum Gasteiger partial charge on any atom is -0.460 e. The summed E-state index contributed by atoms with van der Waals surface area (Å²) in [5, 5.41) is 0. The summed E-state index contributed by atoms with van der Waals surface area (Å²) in [4.78, 5) is 19.2. The number of hydrogen-bond acceptors (Lipinski definition) is 4. The van der Waals surface area contributed by atoms with E-state index in [2.05, 4.69) is 25.9 Å². The van der Waals surface area contributed by atoms with Crippen LogP contribution >= 0.6 is 15.9 Å². The molecule has 0 bridgehead atoms. The highest BCUT2D eigenvalue weighted by Gasteiger charge is 2.15. The molecular formula is C9H5BrN2O2. The number of nitrogens with zero attached hydrogens (tertiary/aromatic N) is 2. The minimum atomic E-state index is -0.234. The Morgan fingerprint density at radius 2 is 2.07 bits per heavy atom. The molecule has 0 aliphatic rings. The number of rotatable bonds is 2. The van der Waals surface area contributed by atoms with Crippen molar-refractivity contribution in [3.8, 4) is 0 Å². The molecule has 0 unspecified atom stereocenters.